The molecule has 1 aromatic rings. The molecule has 5 heteroatoms. The summed E-state index contributed by atoms with van der Waals surface area (Å²) in [5.74, 6) is -1.06. The smallest absolute Gasteiger partial charge is 0.310 e. The molecular weight excluding hydrogens is 261 g/mol. The number of likely N-dealkylation sites (tertiary alicyclic amines) is 1. The number of methoxy groups -OCH3 is 1. The highest BCUT2D eigenvalue weighted by atomic mass is 19.1. The Balaban J connectivity index is 2.14. The number of carbonyl (C=O) groups is 2. The SMILES string of the molecule is COC(=O)[C@H]1CCCN(C(=O)c2ccc(F)cc2C)C1. The van der Waals surface area contributed by atoms with Crippen molar-refractivity contribution in [2.45, 2.75) is 19.8 Å². The van der Waals surface area contributed by atoms with Gasteiger partial charge in [0, 0.05) is 18.7 Å². The van der Waals surface area contributed by atoms with Gasteiger partial charge in [-0.05, 0) is 43.5 Å². The maximum atomic E-state index is 13.1. The molecule has 4 nitrogen and oxygen atoms in total. The molecule has 0 bridgehead atoms. The summed E-state index contributed by atoms with van der Waals surface area (Å²) in [6.07, 6.45) is 1.50. The molecule has 2 rings (SSSR count). The topological polar surface area (TPSA) is 46.6 Å². The monoisotopic (exact) mass is 279 g/mol. The highest BCUT2D eigenvalue weighted by Gasteiger charge is 2.29. The first kappa shape index (κ1) is 14.5. The second-order valence-corrected chi connectivity index (χ2v) is 5.07. The van der Waals surface area contributed by atoms with Crippen molar-refractivity contribution in [1.82, 2.24) is 4.90 Å². The van der Waals surface area contributed by atoms with Crippen molar-refractivity contribution in [3.05, 3.63) is 35.1 Å². The van der Waals surface area contributed by atoms with Crippen molar-refractivity contribution in [3.8, 4) is 0 Å². The van der Waals surface area contributed by atoms with Gasteiger partial charge in [-0.2, -0.15) is 0 Å². The van der Waals surface area contributed by atoms with Crippen LogP contribution in [-0.2, 0) is 9.53 Å². The van der Waals surface area contributed by atoms with Crippen LogP contribution in [0.4, 0.5) is 4.39 Å². The highest BCUT2D eigenvalue weighted by molar-refractivity contribution is 5.96. The van der Waals surface area contributed by atoms with E-state index in [9.17, 15) is 14.0 Å². The van der Waals surface area contributed by atoms with E-state index in [2.05, 4.69) is 0 Å². The average Bonchev–Trinajstić information content (AvgIpc) is 2.46. The Morgan fingerprint density at radius 1 is 1.40 bits per heavy atom. The number of ether oxygens (including phenoxy) is 1. The van der Waals surface area contributed by atoms with E-state index in [4.69, 9.17) is 4.74 Å². The summed E-state index contributed by atoms with van der Waals surface area (Å²) in [5, 5.41) is 0. The number of rotatable bonds is 2. The van der Waals surface area contributed by atoms with Crippen LogP contribution in [0.15, 0.2) is 18.2 Å². The van der Waals surface area contributed by atoms with Crippen LogP contribution in [0.3, 0.4) is 0 Å². The number of amides is 1. The summed E-state index contributed by atoms with van der Waals surface area (Å²) >= 11 is 0. The van der Waals surface area contributed by atoms with Crippen LogP contribution in [0.1, 0.15) is 28.8 Å². The summed E-state index contributed by atoms with van der Waals surface area (Å²) in [5.41, 5.74) is 1.09. The van der Waals surface area contributed by atoms with E-state index < -0.39 is 0 Å². The molecule has 1 aromatic carbocycles. The van der Waals surface area contributed by atoms with Crippen molar-refractivity contribution in [1.29, 1.82) is 0 Å². The van der Waals surface area contributed by atoms with Crippen LogP contribution < -0.4 is 0 Å². The van der Waals surface area contributed by atoms with E-state index >= 15 is 0 Å². The van der Waals surface area contributed by atoms with Crippen LogP contribution in [0, 0.1) is 18.7 Å². The molecular formula is C15H18FNO3. The van der Waals surface area contributed by atoms with E-state index in [1.807, 2.05) is 0 Å². The zero-order valence-electron chi connectivity index (χ0n) is 11.7. The first-order chi connectivity index (χ1) is 9.52. The van der Waals surface area contributed by atoms with E-state index in [0.717, 1.165) is 12.8 Å². The number of esters is 1. The third-order valence-corrected chi connectivity index (χ3v) is 3.66. The minimum atomic E-state index is -0.356. The maximum absolute atomic E-state index is 13.1. The lowest BCUT2D eigenvalue weighted by Gasteiger charge is -2.31. The van der Waals surface area contributed by atoms with Crippen molar-refractivity contribution < 1.29 is 18.7 Å². The van der Waals surface area contributed by atoms with Gasteiger partial charge in [0.05, 0.1) is 13.0 Å². The van der Waals surface area contributed by atoms with Crippen molar-refractivity contribution in [2.24, 2.45) is 5.92 Å². The molecule has 0 N–H and O–H groups in total. The van der Waals surface area contributed by atoms with Crippen molar-refractivity contribution in [3.63, 3.8) is 0 Å². The molecule has 1 aliphatic rings. The standard InChI is InChI=1S/C15H18FNO3/c1-10-8-12(16)5-6-13(10)14(18)17-7-3-4-11(9-17)15(19)20-2/h5-6,8,11H,3-4,7,9H2,1-2H3/t11-/m0/s1. The Labute approximate surface area is 117 Å². The van der Waals surface area contributed by atoms with Gasteiger partial charge in [0.25, 0.3) is 5.91 Å². The lowest BCUT2D eigenvalue weighted by molar-refractivity contribution is -0.146. The van der Waals surface area contributed by atoms with Gasteiger partial charge in [-0.25, -0.2) is 4.39 Å². The highest BCUT2D eigenvalue weighted by Crippen LogP contribution is 2.21. The van der Waals surface area contributed by atoms with Crippen molar-refractivity contribution in [2.75, 3.05) is 20.2 Å². The van der Waals surface area contributed by atoms with Crippen LogP contribution >= 0.6 is 0 Å². The summed E-state index contributed by atoms with van der Waals surface area (Å²) < 4.78 is 17.8. The lowest BCUT2D eigenvalue weighted by Crippen LogP contribution is -2.42. The molecule has 0 aromatic heterocycles. The zero-order valence-corrected chi connectivity index (χ0v) is 11.7. The first-order valence-corrected chi connectivity index (χ1v) is 6.66. The molecule has 1 atom stereocenters. The van der Waals surface area contributed by atoms with Gasteiger partial charge in [0.15, 0.2) is 0 Å². The molecule has 20 heavy (non-hydrogen) atoms. The Hall–Kier alpha value is -1.91. The molecule has 1 heterocycles. The maximum Gasteiger partial charge on any atom is 0.310 e. The molecule has 0 aliphatic carbocycles. The van der Waals surface area contributed by atoms with E-state index in [0.29, 0.717) is 24.2 Å². The Kier molecular flexibility index (Phi) is 4.37. The fraction of sp³-hybridized carbons (Fsp3) is 0.467. The number of carbonyl (C=O) groups excluding carboxylic acids is 2. The summed E-state index contributed by atoms with van der Waals surface area (Å²) in [7, 11) is 1.35. The van der Waals surface area contributed by atoms with E-state index in [-0.39, 0.29) is 23.6 Å². The molecule has 108 valence electrons. The van der Waals surface area contributed by atoms with Gasteiger partial charge in [0.1, 0.15) is 5.82 Å². The van der Waals surface area contributed by atoms with Crippen LogP contribution in [0.5, 0.6) is 0 Å². The van der Waals surface area contributed by atoms with Gasteiger partial charge < -0.3 is 9.64 Å². The van der Waals surface area contributed by atoms with Gasteiger partial charge in [-0.3, -0.25) is 9.59 Å². The number of piperidine rings is 1. The first-order valence-electron chi connectivity index (χ1n) is 6.66. The van der Waals surface area contributed by atoms with E-state index in [1.54, 1.807) is 11.8 Å². The number of hydrogen-bond acceptors (Lipinski definition) is 3. The Morgan fingerprint density at radius 3 is 2.80 bits per heavy atom. The van der Waals surface area contributed by atoms with Crippen LogP contribution in [0.25, 0.3) is 0 Å². The minimum absolute atomic E-state index is 0.156. The minimum Gasteiger partial charge on any atom is -0.469 e. The number of hydrogen-bond donors (Lipinski definition) is 0. The fourth-order valence-electron chi connectivity index (χ4n) is 2.56. The fourth-order valence-corrected chi connectivity index (χ4v) is 2.56. The van der Waals surface area contributed by atoms with E-state index in [1.165, 1.54) is 25.3 Å². The van der Waals surface area contributed by atoms with Crippen LogP contribution in [0.2, 0.25) is 0 Å². The zero-order chi connectivity index (χ0) is 14.7. The molecule has 1 aliphatic heterocycles. The number of benzene rings is 1. The van der Waals surface area contributed by atoms with Gasteiger partial charge >= 0.3 is 5.97 Å². The summed E-state index contributed by atoms with van der Waals surface area (Å²) in [6.45, 7) is 2.68. The quantitative estimate of drug-likeness (QED) is 0.779. The number of aryl methyl sites for hydroxylation is 1. The number of nitrogens with zero attached hydrogens (tertiary/aromatic N) is 1. The summed E-state index contributed by atoms with van der Waals surface area (Å²) in [4.78, 5) is 25.7. The van der Waals surface area contributed by atoms with Crippen LogP contribution in [-0.4, -0.2) is 37.0 Å². The van der Waals surface area contributed by atoms with Crippen molar-refractivity contribution >= 4 is 11.9 Å². The van der Waals surface area contributed by atoms with Gasteiger partial charge in [-0.15, -0.1) is 0 Å². The molecule has 1 fully saturated rings. The predicted molar refractivity (Wildman–Crippen MR) is 71.8 cm³/mol. The molecule has 1 saturated heterocycles. The largest absolute Gasteiger partial charge is 0.469 e. The lowest BCUT2D eigenvalue weighted by atomic mass is 9.97. The normalized spacial score (nSPS) is 18.8. The summed E-state index contributed by atoms with van der Waals surface area (Å²) in [6, 6.07) is 4.12. The second kappa shape index (κ2) is 6.03. The average molecular weight is 279 g/mol. The Bertz CT molecular complexity index is 530. The molecule has 0 unspecified atom stereocenters. The molecule has 0 radical (unpaired) electrons. The Morgan fingerprint density at radius 2 is 2.15 bits per heavy atom. The third kappa shape index (κ3) is 2.98. The second-order valence-electron chi connectivity index (χ2n) is 5.07. The van der Waals surface area contributed by atoms with Gasteiger partial charge in [0.2, 0.25) is 0 Å². The number of halogens is 1. The predicted octanol–water partition coefficient (Wildman–Crippen LogP) is 2.16. The molecule has 0 saturated carbocycles. The molecule has 0 spiro atoms. The molecule has 1 amide bonds. The third-order valence-electron chi connectivity index (χ3n) is 3.66. The van der Waals surface area contributed by atoms with Gasteiger partial charge in [-0.1, -0.05) is 0 Å².